The molecule has 1 aliphatic heterocycles. The summed E-state index contributed by atoms with van der Waals surface area (Å²) in [6.07, 6.45) is 0.909. The van der Waals surface area contributed by atoms with E-state index in [2.05, 4.69) is 213 Å². The molecule has 2 aliphatic rings. The topological polar surface area (TPSA) is 25.6 Å². The number of nitrogens with zero attached hydrogens (tertiary/aromatic N) is 1. The third-order valence-corrected chi connectivity index (χ3v) is 13.6. The first-order chi connectivity index (χ1) is 31.0. The Morgan fingerprint density at radius 1 is 0.460 bits per heavy atom. The van der Waals surface area contributed by atoms with Gasteiger partial charge in [0.05, 0.1) is 12.3 Å². The zero-order valence-electron chi connectivity index (χ0n) is 35.4. The molecule has 0 unspecified atom stereocenters. The Bertz CT molecular complexity index is 3350. The molecule has 0 atom stereocenters. The molecule has 12 rings (SSSR count). The van der Waals surface area contributed by atoms with Crippen LogP contribution in [0.4, 0.5) is 17.1 Å². The number of para-hydroxylation sites is 1. The van der Waals surface area contributed by atoms with E-state index < -0.39 is 0 Å². The number of furan rings is 1. The van der Waals surface area contributed by atoms with Gasteiger partial charge in [-0.15, -0.1) is 0 Å². The minimum absolute atomic E-state index is 0.186. The molecular formula is C59H44BNO2. The van der Waals surface area contributed by atoms with Crippen LogP contribution < -0.4 is 20.6 Å². The molecule has 0 amide bonds. The predicted molar refractivity (Wildman–Crippen MR) is 264 cm³/mol. The molecule has 1 aromatic heterocycles. The van der Waals surface area contributed by atoms with Gasteiger partial charge < -0.3 is 14.1 Å². The average Bonchev–Trinajstić information content (AvgIpc) is 3.82. The van der Waals surface area contributed by atoms with Gasteiger partial charge in [0.25, 0.3) is 0 Å². The van der Waals surface area contributed by atoms with E-state index in [9.17, 15) is 0 Å². The van der Waals surface area contributed by atoms with Crippen molar-refractivity contribution < 1.29 is 9.15 Å². The number of ether oxygens (including phenoxy) is 1. The molecule has 0 spiro atoms. The summed E-state index contributed by atoms with van der Waals surface area (Å²) in [5.74, 6) is 0.960. The first-order valence-electron chi connectivity index (χ1n) is 22.1. The van der Waals surface area contributed by atoms with Crippen molar-refractivity contribution in [2.75, 3.05) is 11.5 Å². The van der Waals surface area contributed by atoms with Crippen LogP contribution in [0.3, 0.4) is 0 Å². The Morgan fingerprint density at radius 2 is 1.13 bits per heavy atom. The van der Waals surface area contributed by atoms with Crippen molar-refractivity contribution >= 4 is 56.6 Å². The predicted octanol–water partition coefficient (Wildman–Crippen LogP) is 14.4. The summed E-state index contributed by atoms with van der Waals surface area (Å²) in [5, 5.41) is 2.26. The van der Waals surface area contributed by atoms with Gasteiger partial charge >= 0.3 is 0 Å². The molecule has 0 saturated carbocycles. The maximum Gasteiger partial charge on any atom is 0.218 e. The van der Waals surface area contributed by atoms with Gasteiger partial charge in [-0.25, -0.2) is 0 Å². The molecule has 9 aromatic carbocycles. The van der Waals surface area contributed by atoms with Gasteiger partial charge in [0.15, 0.2) is 0 Å². The molecule has 0 N–H and O–H groups in total. The first-order valence-corrected chi connectivity index (χ1v) is 22.1. The van der Waals surface area contributed by atoms with E-state index in [4.69, 9.17) is 9.15 Å². The van der Waals surface area contributed by atoms with Gasteiger partial charge in [0.1, 0.15) is 16.9 Å². The van der Waals surface area contributed by atoms with E-state index in [0.717, 1.165) is 62.2 Å². The van der Waals surface area contributed by atoms with Gasteiger partial charge in [-0.05, 0) is 123 Å². The third-order valence-electron chi connectivity index (χ3n) is 13.6. The molecule has 1 aliphatic carbocycles. The van der Waals surface area contributed by atoms with E-state index in [0.29, 0.717) is 6.61 Å². The number of anilines is 3. The molecule has 63 heavy (non-hydrogen) atoms. The maximum absolute atomic E-state index is 6.54. The lowest BCUT2D eigenvalue weighted by Crippen LogP contribution is -2.47. The molecule has 0 fully saturated rings. The van der Waals surface area contributed by atoms with Crippen molar-refractivity contribution in [3.8, 4) is 50.3 Å². The largest absolute Gasteiger partial charge is 0.495 e. The van der Waals surface area contributed by atoms with Crippen LogP contribution >= 0.6 is 0 Å². The second kappa shape index (κ2) is 14.8. The highest BCUT2D eigenvalue weighted by molar-refractivity contribution is 6.87. The third kappa shape index (κ3) is 6.20. The highest BCUT2D eigenvalue weighted by Gasteiger charge is 2.38. The van der Waals surface area contributed by atoms with Crippen molar-refractivity contribution in [1.29, 1.82) is 0 Å². The SMILES string of the molecule is CC1(C)c2ccccc2-c2cc(-c3cccc4c3B(c3ccccc3)CCO4)c(N(c3ccc(-c4ccccc4)cc3)c3cccc(-c4ccc5c(c4)oc4ccccc45)c3)cc21. The Labute approximate surface area is 368 Å². The number of benzene rings is 9. The van der Waals surface area contributed by atoms with Crippen LogP contribution in [-0.4, -0.2) is 13.3 Å². The molecule has 0 radical (unpaired) electrons. The van der Waals surface area contributed by atoms with Gasteiger partial charge in [0, 0.05) is 33.1 Å². The number of hydrogen-bond acceptors (Lipinski definition) is 3. The summed E-state index contributed by atoms with van der Waals surface area (Å²) in [6, 6.07) is 75.1. The van der Waals surface area contributed by atoms with Crippen LogP contribution in [0.15, 0.2) is 211 Å². The van der Waals surface area contributed by atoms with Crippen molar-refractivity contribution in [3.63, 3.8) is 0 Å². The molecule has 300 valence electrons. The molecule has 0 saturated heterocycles. The minimum Gasteiger partial charge on any atom is -0.495 e. The van der Waals surface area contributed by atoms with Crippen LogP contribution in [0.2, 0.25) is 6.32 Å². The summed E-state index contributed by atoms with van der Waals surface area (Å²) >= 11 is 0. The number of fused-ring (bicyclic) bond motifs is 7. The lowest BCUT2D eigenvalue weighted by atomic mass is 9.37. The smallest absolute Gasteiger partial charge is 0.218 e. The van der Waals surface area contributed by atoms with Crippen molar-refractivity contribution in [2.45, 2.75) is 25.6 Å². The van der Waals surface area contributed by atoms with E-state index in [1.54, 1.807) is 0 Å². The lowest BCUT2D eigenvalue weighted by Gasteiger charge is -2.33. The molecule has 3 nitrogen and oxygen atoms in total. The van der Waals surface area contributed by atoms with Crippen LogP contribution in [0.5, 0.6) is 5.75 Å². The van der Waals surface area contributed by atoms with Crippen molar-refractivity contribution in [2.24, 2.45) is 0 Å². The van der Waals surface area contributed by atoms with E-state index in [1.165, 1.54) is 55.4 Å². The quantitative estimate of drug-likeness (QED) is 0.150. The molecule has 2 heterocycles. The Kier molecular flexibility index (Phi) is 8.76. The van der Waals surface area contributed by atoms with Crippen LogP contribution in [0.25, 0.3) is 66.4 Å². The van der Waals surface area contributed by atoms with Crippen LogP contribution in [-0.2, 0) is 5.41 Å². The zero-order valence-corrected chi connectivity index (χ0v) is 35.4. The fraction of sp³-hybridized carbons (Fsp3) is 0.0847. The Hall–Kier alpha value is -7.56. The standard InChI is InChI=1S/C59H44BNO2/c1-59(2)52-24-11-9-21-46(52)50-37-51(49-23-14-26-56-58(49)60(33-34-62-56)43-18-7-4-8-19-43)54(38-53(50)59)61(44-30-27-40(28-31-44)39-15-5-3-6-16-39)45-20-13-17-41(35-45)42-29-32-48-47-22-10-12-25-55(47)63-57(48)36-42/h3-32,35-38H,33-34H2,1-2H3. The van der Waals surface area contributed by atoms with Gasteiger partial charge in [-0.1, -0.05) is 165 Å². The number of rotatable bonds is 7. The van der Waals surface area contributed by atoms with Gasteiger partial charge in [0.2, 0.25) is 6.71 Å². The Balaban J connectivity index is 1.11. The minimum atomic E-state index is -0.211. The molecule has 0 bridgehead atoms. The molecule has 10 aromatic rings. The van der Waals surface area contributed by atoms with Gasteiger partial charge in [-0.3, -0.25) is 0 Å². The fourth-order valence-corrected chi connectivity index (χ4v) is 10.4. The summed E-state index contributed by atoms with van der Waals surface area (Å²) in [7, 11) is 0. The van der Waals surface area contributed by atoms with Crippen LogP contribution in [0, 0.1) is 0 Å². The fourth-order valence-electron chi connectivity index (χ4n) is 10.4. The second-order valence-corrected chi connectivity index (χ2v) is 17.5. The highest BCUT2D eigenvalue weighted by atomic mass is 16.5. The summed E-state index contributed by atoms with van der Waals surface area (Å²) in [4.78, 5) is 2.48. The zero-order chi connectivity index (χ0) is 42.1. The number of hydrogen-bond donors (Lipinski definition) is 0. The normalized spacial score (nSPS) is 13.7. The molecular weight excluding hydrogens is 765 g/mol. The maximum atomic E-state index is 6.54. The second-order valence-electron chi connectivity index (χ2n) is 17.5. The summed E-state index contributed by atoms with van der Waals surface area (Å²) in [6.45, 7) is 5.62. The Morgan fingerprint density at radius 3 is 1.98 bits per heavy atom. The average molecular weight is 810 g/mol. The van der Waals surface area contributed by atoms with E-state index in [1.807, 2.05) is 12.1 Å². The van der Waals surface area contributed by atoms with E-state index >= 15 is 0 Å². The van der Waals surface area contributed by atoms with Crippen molar-refractivity contribution in [3.05, 3.63) is 217 Å². The van der Waals surface area contributed by atoms with Crippen LogP contribution in [0.1, 0.15) is 25.0 Å². The lowest BCUT2D eigenvalue weighted by molar-refractivity contribution is 0.337. The monoisotopic (exact) mass is 809 g/mol. The summed E-state index contributed by atoms with van der Waals surface area (Å²) < 4.78 is 12.9. The highest BCUT2D eigenvalue weighted by Crippen LogP contribution is 2.54. The van der Waals surface area contributed by atoms with Crippen molar-refractivity contribution in [1.82, 2.24) is 0 Å². The summed E-state index contributed by atoms with van der Waals surface area (Å²) in [5.41, 5.74) is 19.6. The first kappa shape index (κ1) is 37.2. The van der Waals surface area contributed by atoms with Gasteiger partial charge in [-0.2, -0.15) is 0 Å². The van der Waals surface area contributed by atoms with E-state index in [-0.39, 0.29) is 12.1 Å². The molecule has 4 heteroatoms.